The molecule has 0 heterocycles. The van der Waals surface area contributed by atoms with Crippen molar-refractivity contribution in [2.45, 2.75) is 31.8 Å². The van der Waals surface area contributed by atoms with Gasteiger partial charge in [-0.1, -0.05) is 32.4 Å². The number of hydrogen-bond acceptors (Lipinski definition) is 2. The number of rotatable bonds is 4. The van der Waals surface area contributed by atoms with Gasteiger partial charge in [0.05, 0.1) is 0 Å². The van der Waals surface area contributed by atoms with Crippen LogP contribution in [0, 0.1) is 5.92 Å². The Morgan fingerprint density at radius 1 is 1.33 bits per heavy atom. The zero-order valence-corrected chi connectivity index (χ0v) is 11.0. The maximum Gasteiger partial charge on any atom is 0.0447 e. The van der Waals surface area contributed by atoms with Crippen molar-refractivity contribution in [1.82, 2.24) is 0 Å². The molecular formula is C12H18ClNS. The van der Waals surface area contributed by atoms with Gasteiger partial charge in [-0.15, -0.1) is 0 Å². The highest BCUT2D eigenvalue weighted by atomic mass is 35.5. The van der Waals surface area contributed by atoms with Gasteiger partial charge in [0, 0.05) is 21.7 Å². The molecule has 1 unspecified atom stereocenters. The van der Waals surface area contributed by atoms with Crippen LogP contribution >= 0.6 is 23.4 Å². The monoisotopic (exact) mass is 243 g/mol. The average Bonchev–Trinajstić information content (AvgIpc) is 2.18. The van der Waals surface area contributed by atoms with Crippen molar-refractivity contribution in [3.8, 4) is 0 Å². The quantitative estimate of drug-likeness (QED) is 0.803. The van der Waals surface area contributed by atoms with Crippen LogP contribution < -0.4 is 5.73 Å². The predicted octanol–water partition coefficient (Wildman–Crippen LogP) is 4.20. The number of anilines is 1. The van der Waals surface area contributed by atoms with Gasteiger partial charge in [0.2, 0.25) is 0 Å². The summed E-state index contributed by atoms with van der Waals surface area (Å²) in [4.78, 5) is 0. The second-order valence-corrected chi connectivity index (χ2v) is 5.88. The maximum absolute atomic E-state index is 6.09. The molecule has 3 heteroatoms. The molecule has 0 fully saturated rings. The van der Waals surface area contributed by atoms with Crippen LogP contribution in [-0.2, 0) is 5.75 Å². The smallest absolute Gasteiger partial charge is 0.0447 e. The molecule has 0 amide bonds. The second kappa shape index (κ2) is 5.66. The third-order valence-electron chi connectivity index (χ3n) is 2.51. The van der Waals surface area contributed by atoms with Crippen LogP contribution in [-0.4, -0.2) is 5.25 Å². The van der Waals surface area contributed by atoms with E-state index in [0.717, 1.165) is 22.0 Å². The van der Waals surface area contributed by atoms with Gasteiger partial charge in [-0.2, -0.15) is 11.8 Å². The van der Waals surface area contributed by atoms with Gasteiger partial charge in [-0.05, 0) is 29.7 Å². The summed E-state index contributed by atoms with van der Waals surface area (Å²) in [6.07, 6.45) is 0. The SMILES string of the molecule is CC(C)C(C)SCc1cc(N)ccc1Cl. The highest BCUT2D eigenvalue weighted by Crippen LogP contribution is 2.28. The minimum Gasteiger partial charge on any atom is -0.399 e. The van der Waals surface area contributed by atoms with E-state index in [0.29, 0.717) is 11.2 Å². The standard InChI is InChI=1S/C12H18ClNS/c1-8(2)9(3)15-7-10-6-11(14)4-5-12(10)13/h4-6,8-9H,7,14H2,1-3H3. The molecule has 0 aliphatic heterocycles. The Morgan fingerprint density at radius 3 is 2.60 bits per heavy atom. The molecule has 0 saturated heterocycles. The van der Waals surface area contributed by atoms with E-state index in [1.165, 1.54) is 0 Å². The Labute approximate surface area is 101 Å². The second-order valence-electron chi connectivity index (χ2n) is 4.11. The van der Waals surface area contributed by atoms with Crippen molar-refractivity contribution < 1.29 is 0 Å². The molecular weight excluding hydrogens is 226 g/mol. The molecule has 2 N–H and O–H groups in total. The van der Waals surface area contributed by atoms with Gasteiger partial charge >= 0.3 is 0 Å². The van der Waals surface area contributed by atoms with Crippen LogP contribution in [0.2, 0.25) is 5.02 Å². The Morgan fingerprint density at radius 2 is 2.00 bits per heavy atom. The van der Waals surface area contributed by atoms with Crippen LogP contribution in [0.1, 0.15) is 26.3 Å². The first kappa shape index (κ1) is 12.7. The summed E-state index contributed by atoms with van der Waals surface area (Å²) in [7, 11) is 0. The highest BCUT2D eigenvalue weighted by molar-refractivity contribution is 7.99. The summed E-state index contributed by atoms with van der Waals surface area (Å²) in [5.41, 5.74) is 7.64. The largest absolute Gasteiger partial charge is 0.399 e. The van der Waals surface area contributed by atoms with E-state index in [9.17, 15) is 0 Å². The van der Waals surface area contributed by atoms with Crippen LogP contribution in [0.4, 0.5) is 5.69 Å². The number of nitrogens with two attached hydrogens (primary N) is 1. The lowest BCUT2D eigenvalue weighted by molar-refractivity contribution is 0.642. The fourth-order valence-corrected chi connectivity index (χ4v) is 2.45. The first-order valence-electron chi connectivity index (χ1n) is 5.16. The fourth-order valence-electron chi connectivity index (χ4n) is 1.12. The summed E-state index contributed by atoms with van der Waals surface area (Å²) in [6, 6.07) is 5.66. The van der Waals surface area contributed by atoms with Gasteiger partial charge in [0.15, 0.2) is 0 Å². The van der Waals surface area contributed by atoms with Crippen LogP contribution in [0.3, 0.4) is 0 Å². The van der Waals surface area contributed by atoms with Gasteiger partial charge in [-0.25, -0.2) is 0 Å². The zero-order chi connectivity index (χ0) is 11.4. The molecule has 1 nitrogen and oxygen atoms in total. The predicted molar refractivity (Wildman–Crippen MR) is 71.5 cm³/mol. The summed E-state index contributed by atoms with van der Waals surface area (Å²) < 4.78 is 0. The maximum atomic E-state index is 6.09. The van der Waals surface area contributed by atoms with Gasteiger partial charge in [0.25, 0.3) is 0 Å². The lowest BCUT2D eigenvalue weighted by atomic mass is 10.2. The minimum atomic E-state index is 0.641. The number of halogens is 1. The Bertz CT molecular complexity index is 325. The van der Waals surface area contributed by atoms with Gasteiger partial charge in [0.1, 0.15) is 0 Å². The Balaban J connectivity index is 2.61. The average molecular weight is 244 g/mol. The third kappa shape index (κ3) is 3.96. The number of hydrogen-bond donors (Lipinski definition) is 1. The van der Waals surface area contributed by atoms with E-state index in [1.54, 1.807) is 0 Å². The van der Waals surface area contributed by atoms with Crippen LogP contribution in [0.25, 0.3) is 0 Å². The van der Waals surface area contributed by atoms with E-state index in [-0.39, 0.29) is 0 Å². The van der Waals surface area contributed by atoms with E-state index in [1.807, 2.05) is 30.0 Å². The van der Waals surface area contributed by atoms with Crippen molar-refractivity contribution >= 4 is 29.1 Å². The molecule has 1 rings (SSSR count). The summed E-state index contributed by atoms with van der Waals surface area (Å²) in [6.45, 7) is 6.72. The van der Waals surface area contributed by atoms with Crippen molar-refractivity contribution in [2.24, 2.45) is 5.92 Å². The Kier molecular flexibility index (Phi) is 4.81. The van der Waals surface area contributed by atoms with Crippen molar-refractivity contribution in [3.05, 3.63) is 28.8 Å². The van der Waals surface area contributed by atoms with Crippen LogP contribution in [0.5, 0.6) is 0 Å². The van der Waals surface area contributed by atoms with E-state index >= 15 is 0 Å². The van der Waals surface area contributed by atoms with E-state index in [4.69, 9.17) is 17.3 Å². The number of thioether (sulfide) groups is 1. The van der Waals surface area contributed by atoms with E-state index < -0.39 is 0 Å². The molecule has 0 aromatic heterocycles. The summed E-state index contributed by atoms with van der Waals surface area (Å²) in [5.74, 6) is 1.62. The summed E-state index contributed by atoms with van der Waals surface area (Å²) >= 11 is 8.01. The fraction of sp³-hybridized carbons (Fsp3) is 0.500. The van der Waals surface area contributed by atoms with Gasteiger partial charge < -0.3 is 5.73 Å². The van der Waals surface area contributed by atoms with Crippen LogP contribution in [0.15, 0.2) is 18.2 Å². The summed E-state index contributed by atoms with van der Waals surface area (Å²) in [5, 5.41) is 1.45. The molecule has 1 atom stereocenters. The minimum absolute atomic E-state index is 0.641. The van der Waals surface area contributed by atoms with Crippen molar-refractivity contribution in [1.29, 1.82) is 0 Å². The first-order chi connectivity index (χ1) is 7.00. The lowest BCUT2D eigenvalue weighted by Gasteiger charge is -2.15. The topological polar surface area (TPSA) is 26.0 Å². The van der Waals surface area contributed by atoms with Crippen molar-refractivity contribution in [3.63, 3.8) is 0 Å². The van der Waals surface area contributed by atoms with E-state index in [2.05, 4.69) is 20.8 Å². The molecule has 0 aliphatic carbocycles. The third-order valence-corrected chi connectivity index (χ3v) is 4.43. The number of nitrogen functional groups attached to an aromatic ring is 1. The first-order valence-corrected chi connectivity index (χ1v) is 6.59. The normalized spacial score (nSPS) is 13.1. The van der Waals surface area contributed by atoms with Crippen molar-refractivity contribution in [2.75, 3.05) is 5.73 Å². The highest BCUT2D eigenvalue weighted by Gasteiger charge is 2.09. The molecule has 0 aliphatic rings. The molecule has 0 bridgehead atoms. The molecule has 15 heavy (non-hydrogen) atoms. The molecule has 1 aromatic rings. The molecule has 1 aromatic carbocycles. The lowest BCUT2D eigenvalue weighted by Crippen LogP contribution is -2.06. The molecule has 0 spiro atoms. The number of benzene rings is 1. The van der Waals surface area contributed by atoms with Gasteiger partial charge in [-0.3, -0.25) is 0 Å². The molecule has 84 valence electrons. The molecule has 0 radical (unpaired) electrons. The Hall–Kier alpha value is -0.340. The zero-order valence-electron chi connectivity index (χ0n) is 9.46. The molecule has 0 saturated carbocycles.